The molecule has 2 aromatic rings. The van der Waals surface area contributed by atoms with Crippen molar-refractivity contribution in [2.24, 2.45) is 0 Å². The summed E-state index contributed by atoms with van der Waals surface area (Å²) >= 11 is 0. The Morgan fingerprint density at radius 1 is 1.05 bits per heavy atom. The van der Waals surface area contributed by atoms with Gasteiger partial charge in [-0.05, 0) is 36.8 Å². The lowest BCUT2D eigenvalue weighted by Crippen LogP contribution is -2.14. The molecule has 2 rings (SSSR count). The molecule has 4 nitrogen and oxygen atoms in total. The Balaban J connectivity index is 2.31. The van der Waals surface area contributed by atoms with Crippen LogP contribution in [0.2, 0.25) is 0 Å². The van der Waals surface area contributed by atoms with Crippen LogP contribution in [0.3, 0.4) is 0 Å². The van der Waals surface area contributed by atoms with E-state index in [9.17, 15) is 9.59 Å². The number of rotatable bonds is 3. The first-order chi connectivity index (χ1) is 9.08. The number of carboxylic acids is 1. The van der Waals surface area contributed by atoms with E-state index in [0.29, 0.717) is 11.3 Å². The van der Waals surface area contributed by atoms with Gasteiger partial charge in [0.25, 0.3) is 5.91 Å². The number of carboxylic acid groups (broad SMARTS) is 1. The molecule has 0 spiro atoms. The fraction of sp³-hybridized carbons (Fsp3) is 0.0667. The molecule has 2 N–H and O–H groups in total. The maximum atomic E-state index is 12.0. The zero-order valence-corrected chi connectivity index (χ0v) is 10.4. The first-order valence-corrected chi connectivity index (χ1v) is 5.78. The summed E-state index contributed by atoms with van der Waals surface area (Å²) in [5.74, 6) is -1.39. The van der Waals surface area contributed by atoms with Crippen molar-refractivity contribution in [1.29, 1.82) is 0 Å². The monoisotopic (exact) mass is 255 g/mol. The second kappa shape index (κ2) is 5.35. The lowest BCUT2D eigenvalue weighted by atomic mass is 10.1. The minimum absolute atomic E-state index is 0.0786. The highest BCUT2D eigenvalue weighted by Gasteiger charge is 2.13. The van der Waals surface area contributed by atoms with E-state index in [0.717, 1.165) is 5.56 Å². The highest BCUT2D eigenvalue weighted by molar-refractivity contribution is 6.07. The quantitative estimate of drug-likeness (QED) is 0.886. The number of hydrogen-bond acceptors (Lipinski definition) is 2. The molecule has 0 radical (unpaired) electrons. The van der Waals surface area contributed by atoms with Crippen molar-refractivity contribution in [3.8, 4) is 0 Å². The summed E-state index contributed by atoms with van der Waals surface area (Å²) in [6.07, 6.45) is 0. The van der Waals surface area contributed by atoms with Crippen molar-refractivity contribution >= 4 is 17.6 Å². The summed E-state index contributed by atoms with van der Waals surface area (Å²) in [4.78, 5) is 23.1. The Labute approximate surface area is 110 Å². The van der Waals surface area contributed by atoms with Crippen molar-refractivity contribution < 1.29 is 14.7 Å². The molecule has 0 heterocycles. The molecular weight excluding hydrogens is 242 g/mol. The highest BCUT2D eigenvalue weighted by atomic mass is 16.4. The number of anilines is 1. The number of aromatic carboxylic acids is 1. The Morgan fingerprint density at radius 3 is 2.37 bits per heavy atom. The van der Waals surface area contributed by atoms with Gasteiger partial charge in [-0.2, -0.15) is 0 Å². The largest absolute Gasteiger partial charge is 0.478 e. The molecule has 0 bridgehead atoms. The van der Waals surface area contributed by atoms with Gasteiger partial charge in [-0.1, -0.05) is 24.3 Å². The van der Waals surface area contributed by atoms with Crippen molar-refractivity contribution in [3.63, 3.8) is 0 Å². The number of nitrogens with one attached hydrogen (secondary N) is 1. The Bertz CT molecular complexity index is 621. The standard InChI is InChI=1S/C15H13NO3/c1-10-7-8-12(15(18)19)13(9-10)16-14(17)11-5-3-2-4-6-11/h2-9H,1H3,(H,16,17)(H,18,19). The van der Waals surface area contributed by atoms with Gasteiger partial charge in [0.2, 0.25) is 0 Å². The maximum absolute atomic E-state index is 12.0. The molecule has 96 valence electrons. The van der Waals surface area contributed by atoms with Crippen molar-refractivity contribution in [1.82, 2.24) is 0 Å². The second-order valence-corrected chi connectivity index (χ2v) is 4.17. The Hall–Kier alpha value is -2.62. The zero-order valence-electron chi connectivity index (χ0n) is 10.4. The van der Waals surface area contributed by atoms with E-state index >= 15 is 0 Å². The van der Waals surface area contributed by atoms with Crippen LogP contribution in [0, 0.1) is 6.92 Å². The first kappa shape index (κ1) is 12.8. The normalized spacial score (nSPS) is 9.95. The molecule has 0 aliphatic carbocycles. The van der Waals surface area contributed by atoms with Crippen LogP contribution >= 0.6 is 0 Å². The summed E-state index contributed by atoms with van der Waals surface area (Å²) in [5.41, 5.74) is 1.75. The third kappa shape index (κ3) is 2.98. The average molecular weight is 255 g/mol. The number of benzene rings is 2. The zero-order chi connectivity index (χ0) is 13.8. The smallest absolute Gasteiger partial charge is 0.337 e. The van der Waals surface area contributed by atoms with Crippen LogP contribution < -0.4 is 5.32 Å². The molecule has 0 aromatic heterocycles. The van der Waals surface area contributed by atoms with Crippen molar-refractivity contribution in [2.75, 3.05) is 5.32 Å². The maximum Gasteiger partial charge on any atom is 0.337 e. The van der Waals surface area contributed by atoms with Gasteiger partial charge in [0.15, 0.2) is 0 Å². The second-order valence-electron chi connectivity index (χ2n) is 4.17. The van der Waals surface area contributed by atoms with Gasteiger partial charge in [0.1, 0.15) is 0 Å². The fourth-order valence-corrected chi connectivity index (χ4v) is 1.73. The molecule has 0 saturated heterocycles. The first-order valence-electron chi connectivity index (χ1n) is 5.78. The molecule has 0 aliphatic heterocycles. The summed E-state index contributed by atoms with van der Waals surface area (Å²) in [7, 11) is 0. The van der Waals surface area contributed by atoms with Gasteiger partial charge in [-0.3, -0.25) is 4.79 Å². The molecule has 0 aliphatic rings. The minimum Gasteiger partial charge on any atom is -0.478 e. The van der Waals surface area contributed by atoms with Gasteiger partial charge >= 0.3 is 5.97 Å². The summed E-state index contributed by atoms with van der Waals surface area (Å²) in [6, 6.07) is 13.5. The number of carbonyl (C=O) groups is 2. The number of carbonyl (C=O) groups excluding carboxylic acids is 1. The lowest BCUT2D eigenvalue weighted by molar-refractivity contribution is 0.0698. The van der Waals surface area contributed by atoms with Crippen LogP contribution in [0.25, 0.3) is 0 Å². The molecule has 4 heteroatoms. The molecule has 0 atom stereocenters. The molecule has 0 saturated carbocycles. The number of aryl methyl sites for hydroxylation is 1. The van der Waals surface area contributed by atoms with Gasteiger partial charge in [0.05, 0.1) is 11.3 Å². The Kier molecular flexibility index (Phi) is 3.61. The summed E-state index contributed by atoms with van der Waals surface area (Å²) in [6.45, 7) is 1.84. The van der Waals surface area contributed by atoms with E-state index in [1.807, 2.05) is 13.0 Å². The average Bonchev–Trinajstić information content (AvgIpc) is 2.39. The van der Waals surface area contributed by atoms with Crippen LogP contribution in [0.4, 0.5) is 5.69 Å². The molecule has 0 fully saturated rings. The molecule has 2 aromatic carbocycles. The van der Waals surface area contributed by atoms with Crippen molar-refractivity contribution in [3.05, 3.63) is 65.2 Å². The van der Waals surface area contributed by atoms with Crippen molar-refractivity contribution in [2.45, 2.75) is 6.92 Å². The molecule has 0 unspecified atom stereocenters. The van der Waals surface area contributed by atoms with E-state index in [1.54, 1.807) is 36.4 Å². The molecule has 19 heavy (non-hydrogen) atoms. The minimum atomic E-state index is -1.07. The SMILES string of the molecule is Cc1ccc(C(=O)O)c(NC(=O)c2ccccc2)c1. The predicted molar refractivity (Wildman–Crippen MR) is 72.5 cm³/mol. The fourth-order valence-electron chi connectivity index (χ4n) is 1.73. The summed E-state index contributed by atoms with van der Waals surface area (Å²) < 4.78 is 0. The molecular formula is C15H13NO3. The summed E-state index contributed by atoms with van der Waals surface area (Å²) in [5, 5.41) is 11.7. The Morgan fingerprint density at radius 2 is 1.74 bits per heavy atom. The lowest BCUT2D eigenvalue weighted by Gasteiger charge is -2.09. The van der Waals surface area contributed by atoms with E-state index in [1.165, 1.54) is 6.07 Å². The van der Waals surface area contributed by atoms with E-state index < -0.39 is 5.97 Å². The number of hydrogen-bond donors (Lipinski definition) is 2. The van der Waals surface area contributed by atoms with E-state index in [-0.39, 0.29) is 11.5 Å². The van der Waals surface area contributed by atoms with E-state index in [2.05, 4.69) is 5.32 Å². The third-order valence-corrected chi connectivity index (χ3v) is 2.69. The third-order valence-electron chi connectivity index (χ3n) is 2.69. The van der Waals surface area contributed by atoms with Gasteiger partial charge in [0, 0.05) is 5.56 Å². The topological polar surface area (TPSA) is 66.4 Å². The molecule has 1 amide bonds. The highest BCUT2D eigenvalue weighted by Crippen LogP contribution is 2.18. The van der Waals surface area contributed by atoms with Crippen LogP contribution in [0.5, 0.6) is 0 Å². The van der Waals surface area contributed by atoms with Crippen LogP contribution in [-0.2, 0) is 0 Å². The number of amides is 1. The van der Waals surface area contributed by atoms with Crippen LogP contribution in [-0.4, -0.2) is 17.0 Å². The predicted octanol–water partition coefficient (Wildman–Crippen LogP) is 2.95. The van der Waals surface area contributed by atoms with Gasteiger partial charge in [-0.15, -0.1) is 0 Å². The van der Waals surface area contributed by atoms with E-state index in [4.69, 9.17) is 5.11 Å². The van der Waals surface area contributed by atoms with Gasteiger partial charge in [-0.25, -0.2) is 4.79 Å². The van der Waals surface area contributed by atoms with Gasteiger partial charge < -0.3 is 10.4 Å². The van der Waals surface area contributed by atoms with Crippen LogP contribution in [0.1, 0.15) is 26.3 Å². The van der Waals surface area contributed by atoms with Crippen LogP contribution in [0.15, 0.2) is 48.5 Å².